The van der Waals surface area contributed by atoms with E-state index in [0.717, 1.165) is 13.1 Å². The molecular weight excluding hydrogens is 216 g/mol. The summed E-state index contributed by atoms with van der Waals surface area (Å²) in [6, 6.07) is 0.591. The Labute approximate surface area is 103 Å². The summed E-state index contributed by atoms with van der Waals surface area (Å²) in [6.07, 6.45) is 6.25. The molecule has 1 aromatic rings. The van der Waals surface area contributed by atoms with Crippen LogP contribution in [0.25, 0.3) is 0 Å². The van der Waals surface area contributed by atoms with Gasteiger partial charge < -0.3 is 14.4 Å². The number of oxazole rings is 1. The van der Waals surface area contributed by atoms with Crippen LogP contribution in [0, 0.1) is 0 Å². The zero-order chi connectivity index (χ0) is 12.3. The van der Waals surface area contributed by atoms with Crippen molar-refractivity contribution in [3.8, 4) is 5.88 Å². The van der Waals surface area contributed by atoms with Crippen LogP contribution in [0.1, 0.15) is 57.6 Å². The lowest BCUT2D eigenvalue weighted by Crippen LogP contribution is -2.27. The first-order chi connectivity index (χ1) is 8.18. The maximum atomic E-state index is 9.73. The molecule has 2 heterocycles. The van der Waals surface area contributed by atoms with E-state index in [1.54, 1.807) is 0 Å². The lowest BCUT2D eigenvalue weighted by Gasteiger charge is -2.22. The predicted octanol–water partition coefficient (Wildman–Crippen LogP) is 3.27. The molecule has 1 aliphatic heterocycles. The molecule has 17 heavy (non-hydrogen) atoms. The second-order valence-corrected chi connectivity index (χ2v) is 5.09. The van der Waals surface area contributed by atoms with Gasteiger partial charge in [0.2, 0.25) is 0 Å². The third kappa shape index (κ3) is 2.93. The molecule has 0 aliphatic carbocycles. The van der Waals surface area contributed by atoms with Gasteiger partial charge in [-0.3, -0.25) is 0 Å². The van der Waals surface area contributed by atoms with Gasteiger partial charge in [0.1, 0.15) is 0 Å². The van der Waals surface area contributed by atoms with Crippen LogP contribution >= 0.6 is 0 Å². The average molecular weight is 238 g/mol. The third-order valence-corrected chi connectivity index (χ3v) is 3.27. The Morgan fingerprint density at radius 3 is 2.24 bits per heavy atom. The van der Waals surface area contributed by atoms with Gasteiger partial charge in [0.15, 0.2) is 5.76 Å². The van der Waals surface area contributed by atoms with Crippen molar-refractivity contribution in [2.24, 2.45) is 0 Å². The molecule has 1 saturated heterocycles. The molecule has 1 aliphatic rings. The molecule has 0 bridgehead atoms. The summed E-state index contributed by atoms with van der Waals surface area (Å²) in [4.78, 5) is 6.30. The Balaban J connectivity index is 2.11. The van der Waals surface area contributed by atoms with Crippen LogP contribution in [0.4, 0.5) is 6.01 Å². The summed E-state index contributed by atoms with van der Waals surface area (Å²) in [5, 5.41) is 9.73. The number of nitrogens with zero attached hydrogens (tertiary/aromatic N) is 2. The Bertz CT molecular complexity index is 352. The second kappa shape index (κ2) is 5.43. The van der Waals surface area contributed by atoms with E-state index in [2.05, 4.69) is 9.88 Å². The fraction of sp³-hybridized carbons (Fsp3) is 0.769. The van der Waals surface area contributed by atoms with Gasteiger partial charge in [-0.1, -0.05) is 33.1 Å². The molecule has 2 rings (SSSR count). The summed E-state index contributed by atoms with van der Waals surface area (Å²) < 4.78 is 5.68. The van der Waals surface area contributed by atoms with E-state index in [0.29, 0.717) is 11.8 Å². The molecule has 0 radical (unpaired) electrons. The van der Waals surface area contributed by atoms with Gasteiger partial charge in [0, 0.05) is 19.0 Å². The van der Waals surface area contributed by atoms with Crippen molar-refractivity contribution >= 4 is 6.01 Å². The highest BCUT2D eigenvalue weighted by atomic mass is 16.4. The first-order valence-electron chi connectivity index (χ1n) is 6.63. The van der Waals surface area contributed by atoms with Crippen LogP contribution in [0.15, 0.2) is 4.42 Å². The minimum Gasteiger partial charge on any atom is -0.491 e. The van der Waals surface area contributed by atoms with Gasteiger partial charge in [-0.25, -0.2) is 0 Å². The average Bonchev–Trinajstić information content (AvgIpc) is 2.59. The molecule has 0 unspecified atom stereocenters. The molecule has 0 aromatic carbocycles. The van der Waals surface area contributed by atoms with Gasteiger partial charge in [-0.2, -0.15) is 4.98 Å². The Hall–Kier alpha value is -1.19. The molecule has 4 heteroatoms. The summed E-state index contributed by atoms with van der Waals surface area (Å²) in [5.74, 6) is 0.824. The number of aromatic nitrogens is 1. The predicted molar refractivity (Wildman–Crippen MR) is 67.6 cm³/mol. The van der Waals surface area contributed by atoms with E-state index in [9.17, 15) is 5.11 Å². The van der Waals surface area contributed by atoms with Crippen LogP contribution < -0.4 is 4.90 Å². The second-order valence-electron chi connectivity index (χ2n) is 5.09. The summed E-state index contributed by atoms with van der Waals surface area (Å²) in [6.45, 7) is 5.96. The summed E-state index contributed by atoms with van der Waals surface area (Å²) >= 11 is 0. The van der Waals surface area contributed by atoms with Gasteiger partial charge in [-0.05, 0) is 12.8 Å². The highest BCUT2D eigenvalue weighted by molar-refractivity contribution is 5.33. The third-order valence-electron chi connectivity index (χ3n) is 3.27. The van der Waals surface area contributed by atoms with E-state index in [-0.39, 0.29) is 11.8 Å². The summed E-state index contributed by atoms with van der Waals surface area (Å²) in [7, 11) is 0. The van der Waals surface area contributed by atoms with Crippen LogP contribution in [-0.4, -0.2) is 23.2 Å². The van der Waals surface area contributed by atoms with E-state index < -0.39 is 0 Å². The quantitative estimate of drug-likeness (QED) is 0.859. The molecule has 0 atom stereocenters. The molecule has 0 saturated carbocycles. The van der Waals surface area contributed by atoms with Crippen molar-refractivity contribution in [1.82, 2.24) is 4.98 Å². The van der Waals surface area contributed by atoms with E-state index in [1.165, 1.54) is 32.1 Å². The monoisotopic (exact) mass is 238 g/mol. The first kappa shape index (κ1) is 12.3. The largest absolute Gasteiger partial charge is 0.491 e. The number of hydrogen-bond donors (Lipinski definition) is 1. The van der Waals surface area contributed by atoms with Crippen molar-refractivity contribution in [2.75, 3.05) is 18.0 Å². The molecule has 1 aromatic heterocycles. The van der Waals surface area contributed by atoms with E-state index >= 15 is 0 Å². The normalized spacial score (nSPS) is 18.2. The van der Waals surface area contributed by atoms with E-state index in [4.69, 9.17) is 4.42 Å². The van der Waals surface area contributed by atoms with Crippen LogP contribution in [0.3, 0.4) is 0 Å². The van der Waals surface area contributed by atoms with Crippen LogP contribution in [0.2, 0.25) is 0 Å². The molecule has 1 N–H and O–H groups in total. The number of anilines is 1. The smallest absolute Gasteiger partial charge is 0.300 e. The SMILES string of the molecule is CC(C)c1oc(N2CCCCCCC2)nc1O. The van der Waals surface area contributed by atoms with Crippen LogP contribution in [0.5, 0.6) is 5.88 Å². The minimum absolute atomic E-state index is 0.0528. The fourth-order valence-electron chi connectivity index (χ4n) is 2.26. The molecular formula is C13H22N2O2. The van der Waals surface area contributed by atoms with Gasteiger partial charge >= 0.3 is 6.01 Å². The molecule has 1 fully saturated rings. The molecule has 4 nitrogen and oxygen atoms in total. The molecule has 0 amide bonds. The topological polar surface area (TPSA) is 49.5 Å². The van der Waals surface area contributed by atoms with E-state index in [1.807, 2.05) is 13.8 Å². The fourth-order valence-corrected chi connectivity index (χ4v) is 2.26. The van der Waals surface area contributed by atoms with Gasteiger partial charge in [0.25, 0.3) is 5.88 Å². The zero-order valence-corrected chi connectivity index (χ0v) is 10.8. The lowest BCUT2D eigenvalue weighted by molar-refractivity contribution is 0.412. The van der Waals surface area contributed by atoms with Crippen molar-refractivity contribution < 1.29 is 9.52 Å². The molecule has 0 spiro atoms. The lowest BCUT2D eigenvalue weighted by atomic mass is 10.1. The first-order valence-corrected chi connectivity index (χ1v) is 6.63. The van der Waals surface area contributed by atoms with Gasteiger partial charge in [0.05, 0.1) is 0 Å². The Kier molecular flexibility index (Phi) is 3.92. The van der Waals surface area contributed by atoms with Crippen molar-refractivity contribution in [3.63, 3.8) is 0 Å². The van der Waals surface area contributed by atoms with Crippen LogP contribution in [-0.2, 0) is 0 Å². The summed E-state index contributed by atoms with van der Waals surface area (Å²) in [5.41, 5.74) is 0. The van der Waals surface area contributed by atoms with Crippen molar-refractivity contribution in [3.05, 3.63) is 5.76 Å². The standard InChI is InChI=1S/C13H22N2O2/c1-10(2)11-12(16)14-13(17-11)15-8-6-4-3-5-7-9-15/h10,16H,3-9H2,1-2H3. The van der Waals surface area contributed by atoms with Crippen molar-refractivity contribution in [1.29, 1.82) is 0 Å². The maximum Gasteiger partial charge on any atom is 0.300 e. The maximum absolute atomic E-state index is 9.73. The molecule has 96 valence electrons. The van der Waals surface area contributed by atoms with Crippen molar-refractivity contribution in [2.45, 2.75) is 51.9 Å². The Morgan fingerprint density at radius 2 is 1.71 bits per heavy atom. The number of rotatable bonds is 2. The zero-order valence-electron chi connectivity index (χ0n) is 10.8. The minimum atomic E-state index is 0.0528. The Morgan fingerprint density at radius 1 is 1.12 bits per heavy atom. The highest BCUT2D eigenvalue weighted by Crippen LogP contribution is 2.30. The number of hydrogen-bond acceptors (Lipinski definition) is 4. The highest BCUT2D eigenvalue weighted by Gasteiger charge is 2.20. The van der Waals surface area contributed by atoms with Gasteiger partial charge in [-0.15, -0.1) is 0 Å². The number of aromatic hydroxyl groups is 1.